The number of anilines is 1. The molecule has 0 unspecified atom stereocenters. The van der Waals surface area contributed by atoms with E-state index in [0.717, 1.165) is 41.4 Å². The molecule has 0 N–H and O–H groups in total. The molecule has 5 rings (SSSR count). The number of aryl methyl sites for hydroxylation is 1. The standard InChI is InChI=1S/C22H25ClN6O2/c1-14-24-21(28-10-8-27(9-11-28)15(2)30)19-22(25-14)29(16-7-12-31-13-16)20(26-19)17-5-3-4-6-18(17)23/h3-6,16H,7-13H2,1-2H3/t16-/m1/s1. The van der Waals surface area contributed by atoms with Gasteiger partial charge in [0.05, 0.1) is 17.7 Å². The number of hydrogen-bond donors (Lipinski definition) is 0. The number of carbonyl (C=O) groups excluding carboxylic acids is 1. The molecule has 0 aliphatic carbocycles. The summed E-state index contributed by atoms with van der Waals surface area (Å²) in [6, 6.07) is 7.90. The van der Waals surface area contributed by atoms with Crippen molar-refractivity contribution in [3.05, 3.63) is 35.1 Å². The van der Waals surface area contributed by atoms with Gasteiger partial charge in [0, 0.05) is 45.3 Å². The van der Waals surface area contributed by atoms with E-state index < -0.39 is 0 Å². The second-order valence-corrected chi connectivity index (χ2v) is 8.47. The number of imidazole rings is 1. The number of halogens is 1. The van der Waals surface area contributed by atoms with Crippen molar-refractivity contribution >= 4 is 34.5 Å². The second kappa shape index (κ2) is 8.09. The molecule has 2 aliphatic rings. The maximum absolute atomic E-state index is 11.7. The highest BCUT2D eigenvalue weighted by Crippen LogP contribution is 2.36. The number of benzene rings is 1. The number of amides is 1. The second-order valence-electron chi connectivity index (χ2n) is 8.06. The van der Waals surface area contributed by atoms with Crippen LogP contribution >= 0.6 is 11.6 Å². The van der Waals surface area contributed by atoms with E-state index in [1.807, 2.05) is 36.1 Å². The molecule has 0 radical (unpaired) electrons. The predicted molar refractivity (Wildman–Crippen MR) is 119 cm³/mol. The van der Waals surface area contributed by atoms with Crippen molar-refractivity contribution in [2.45, 2.75) is 26.3 Å². The van der Waals surface area contributed by atoms with E-state index in [1.54, 1.807) is 6.92 Å². The maximum atomic E-state index is 11.7. The minimum absolute atomic E-state index is 0.107. The van der Waals surface area contributed by atoms with Crippen LogP contribution in [0.15, 0.2) is 24.3 Å². The largest absolute Gasteiger partial charge is 0.379 e. The maximum Gasteiger partial charge on any atom is 0.219 e. The zero-order valence-electron chi connectivity index (χ0n) is 17.7. The Morgan fingerprint density at radius 2 is 1.90 bits per heavy atom. The Hall–Kier alpha value is -2.71. The first-order chi connectivity index (χ1) is 15.0. The summed E-state index contributed by atoms with van der Waals surface area (Å²) in [5.41, 5.74) is 2.45. The Bertz CT molecular complexity index is 1130. The zero-order valence-corrected chi connectivity index (χ0v) is 18.5. The van der Waals surface area contributed by atoms with Crippen LogP contribution in [-0.2, 0) is 9.53 Å². The van der Waals surface area contributed by atoms with Crippen LogP contribution in [0, 0.1) is 6.92 Å². The van der Waals surface area contributed by atoms with Crippen LogP contribution in [0.2, 0.25) is 5.02 Å². The minimum Gasteiger partial charge on any atom is -0.379 e. The Kier molecular flexibility index (Phi) is 5.27. The fourth-order valence-electron chi connectivity index (χ4n) is 4.42. The Morgan fingerprint density at radius 3 is 2.58 bits per heavy atom. The summed E-state index contributed by atoms with van der Waals surface area (Å²) >= 11 is 6.56. The lowest BCUT2D eigenvalue weighted by Crippen LogP contribution is -2.48. The molecule has 0 saturated carbocycles. The normalized spacial score (nSPS) is 19.4. The molecule has 0 bridgehead atoms. The first kappa shape index (κ1) is 20.2. The van der Waals surface area contributed by atoms with Gasteiger partial charge in [-0.25, -0.2) is 15.0 Å². The molecule has 31 heavy (non-hydrogen) atoms. The zero-order chi connectivity index (χ0) is 21.5. The lowest BCUT2D eigenvalue weighted by atomic mass is 10.2. The molecule has 1 amide bonds. The third-order valence-electron chi connectivity index (χ3n) is 6.04. The summed E-state index contributed by atoms with van der Waals surface area (Å²) in [7, 11) is 0. The molecule has 1 atom stereocenters. The number of rotatable bonds is 3. The van der Waals surface area contributed by atoms with E-state index in [-0.39, 0.29) is 11.9 Å². The molecule has 4 heterocycles. The molecule has 3 aromatic rings. The van der Waals surface area contributed by atoms with Gasteiger partial charge in [0.2, 0.25) is 5.91 Å². The van der Waals surface area contributed by atoms with Gasteiger partial charge in [0.25, 0.3) is 0 Å². The molecule has 2 aromatic heterocycles. The minimum atomic E-state index is 0.107. The van der Waals surface area contributed by atoms with Gasteiger partial charge in [0.15, 0.2) is 17.0 Å². The predicted octanol–water partition coefficient (Wildman–Crippen LogP) is 3.09. The molecule has 0 spiro atoms. The van der Waals surface area contributed by atoms with Crippen molar-refractivity contribution in [1.29, 1.82) is 0 Å². The van der Waals surface area contributed by atoms with E-state index in [9.17, 15) is 4.79 Å². The molecular formula is C22H25ClN6O2. The van der Waals surface area contributed by atoms with Gasteiger partial charge in [-0.3, -0.25) is 4.79 Å². The van der Waals surface area contributed by atoms with Crippen LogP contribution in [0.1, 0.15) is 25.2 Å². The molecular weight excluding hydrogens is 416 g/mol. The van der Waals surface area contributed by atoms with Crippen molar-refractivity contribution in [3.8, 4) is 11.4 Å². The summed E-state index contributed by atoms with van der Waals surface area (Å²) in [6.07, 6.45) is 0.901. The highest BCUT2D eigenvalue weighted by atomic mass is 35.5. The average molecular weight is 441 g/mol. The number of ether oxygens (including phenoxy) is 1. The van der Waals surface area contributed by atoms with E-state index in [2.05, 4.69) is 9.47 Å². The Morgan fingerprint density at radius 1 is 1.13 bits per heavy atom. The van der Waals surface area contributed by atoms with E-state index in [0.29, 0.717) is 43.6 Å². The quantitative estimate of drug-likeness (QED) is 0.623. The fourth-order valence-corrected chi connectivity index (χ4v) is 4.64. The summed E-state index contributed by atoms with van der Waals surface area (Å²) < 4.78 is 7.86. The number of aromatic nitrogens is 4. The van der Waals surface area contributed by atoms with Gasteiger partial charge < -0.3 is 19.1 Å². The van der Waals surface area contributed by atoms with Gasteiger partial charge in [0.1, 0.15) is 11.6 Å². The fraction of sp³-hybridized carbons (Fsp3) is 0.455. The van der Waals surface area contributed by atoms with Gasteiger partial charge >= 0.3 is 0 Å². The Labute approximate surface area is 185 Å². The smallest absolute Gasteiger partial charge is 0.219 e. The third kappa shape index (κ3) is 3.64. The molecule has 1 aromatic carbocycles. The molecule has 2 saturated heterocycles. The third-order valence-corrected chi connectivity index (χ3v) is 6.37. The molecule has 2 fully saturated rings. The van der Waals surface area contributed by atoms with Gasteiger partial charge in [-0.2, -0.15) is 0 Å². The summed E-state index contributed by atoms with van der Waals surface area (Å²) in [4.78, 5) is 30.4. The van der Waals surface area contributed by atoms with Crippen LogP contribution < -0.4 is 4.90 Å². The summed E-state index contributed by atoms with van der Waals surface area (Å²) in [6.45, 7) is 7.64. The highest BCUT2D eigenvalue weighted by molar-refractivity contribution is 6.33. The monoisotopic (exact) mass is 440 g/mol. The summed E-state index contributed by atoms with van der Waals surface area (Å²) in [5.74, 6) is 2.41. The number of piperazine rings is 1. The Balaban J connectivity index is 1.66. The van der Waals surface area contributed by atoms with Crippen molar-refractivity contribution in [3.63, 3.8) is 0 Å². The topological polar surface area (TPSA) is 76.4 Å². The highest BCUT2D eigenvalue weighted by Gasteiger charge is 2.29. The average Bonchev–Trinajstić information content (AvgIpc) is 3.41. The van der Waals surface area contributed by atoms with Crippen LogP contribution in [0.5, 0.6) is 0 Å². The number of hydrogen-bond acceptors (Lipinski definition) is 6. The molecule has 2 aliphatic heterocycles. The molecule has 162 valence electrons. The van der Waals surface area contributed by atoms with Crippen LogP contribution in [0.4, 0.5) is 5.82 Å². The van der Waals surface area contributed by atoms with E-state index >= 15 is 0 Å². The summed E-state index contributed by atoms with van der Waals surface area (Å²) in [5, 5.41) is 0.652. The molecule has 9 heteroatoms. The van der Waals surface area contributed by atoms with Gasteiger partial charge in [-0.05, 0) is 25.5 Å². The molecule has 8 nitrogen and oxygen atoms in total. The van der Waals surface area contributed by atoms with Crippen LogP contribution in [0.25, 0.3) is 22.6 Å². The SMILES string of the molecule is CC(=O)N1CCN(c2nc(C)nc3c2nc(-c2ccccc2Cl)n3[C@@H]2CCOC2)CC1. The van der Waals surface area contributed by atoms with E-state index in [4.69, 9.17) is 31.3 Å². The van der Waals surface area contributed by atoms with Crippen LogP contribution in [0.3, 0.4) is 0 Å². The van der Waals surface area contributed by atoms with Gasteiger partial charge in [-0.15, -0.1) is 0 Å². The lowest BCUT2D eigenvalue weighted by Gasteiger charge is -2.35. The van der Waals surface area contributed by atoms with E-state index in [1.165, 1.54) is 0 Å². The first-order valence-electron chi connectivity index (χ1n) is 10.6. The first-order valence-corrected chi connectivity index (χ1v) is 11.0. The van der Waals surface area contributed by atoms with Crippen molar-refractivity contribution in [1.82, 2.24) is 24.4 Å². The van der Waals surface area contributed by atoms with Crippen molar-refractivity contribution in [2.24, 2.45) is 0 Å². The number of carbonyl (C=O) groups is 1. The number of nitrogens with zero attached hydrogens (tertiary/aromatic N) is 6. The van der Waals surface area contributed by atoms with Crippen molar-refractivity contribution < 1.29 is 9.53 Å². The van der Waals surface area contributed by atoms with Gasteiger partial charge in [-0.1, -0.05) is 23.7 Å². The van der Waals surface area contributed by atoms with Crippen LogP contribution in [-0.4, -0.2) is 69.7 Å². The van der Waals surface area contributed by atoms with Crippen molar-refractivity contribution in [2.75, 3.05) is 44.3 Å². The lowest BCUT2D eigenvalue weighted by molar-refractivity contribution is -0.129. The number of fused-ring (bicyclic) bond motifs is 1.